The van der Waals surface area contributed by atoms with Gasteiger partial charge in [0.15, 0.2) is 11.5 Å². The average molecular weight is 589 g/mol. The minimum atomic E-state index is -0.206. The molecule has 0 fully saturated rings. The molecule has 1 atom stereocenters. The summed E-state index contributed by atoms with van der Waals surface area (Å²) in [5.41, 5.74) is 4.44. The summed E-state index contributed by atoms with van der Waals surface area (Å²) in [6.07, 6.45) is 4.93. The second-order valence-corrected chi connectivity index (χ2v) is 10.4. The van der Waals surface area contributed by atoms with Gasteiger partial charge in [-0.3, -0.25) is 4.79 Å². The Labute approximate surface area is 238 Å². The normalized spacial score (nSPS) is 12.1. The monoisotopic (exact) mass is 587 g/mol. The van der Waals surface area contributed by atoms with Crippen LogP contribution in [0.3, 0.4) is 0 Å². The van der Waals surface area contributed by atoms with E-state index in [2.05, 4.69) is 53.6 Å². The number of nitrogens with zero attached hydrogens (tertiary/aromatic N) is 3. The number of ether oxygens (including phenoxy) is 2. The summed E-state index contributed by atoms with van der Waals surface area (Å²) in [5.74, 6) is 1.99. The first kappa shape index (κ1) is 28.3. The highest BCUT2D eigenvalue weighted by molar-refractivity contribution is 9.10. The highest BCUT2D eigenvalue weighted by atomic mass is 79.9. The molecule has 0 aliphatic heterocycles. The molecule has 0 aliphatic rings. The quantitative estimate of drug-likeness (QED) is 0.134. The van der Waals surface area contributed by atoms with Gasteiger partial charge >= 0.3 is 0 Å². The van der Waals surface area contributed by atoms with Crippen LogP contribution in [-0.4, -0.2) is 22.5 Å². The maximum absolute atomic E-state index is 13.5. The van der Waals surface area contributed by atoms with Crippen molar-refractivity contribution in [3.8, 4) is 11.5 Å². The van der Waals surface area contributed by atoms with Crippen molar-refractivity contribution in [2.45, 2.75) is 53.1 Å². The number of halogens is 1. The van der Waals surface area contributed by atoms with Crippen LogP contribution in [0.25, 0.3) is 10.9 Å². The van der Waals surface area contributed by atoms with Crippen LogP contribution in [0.5, 0.6) is 11.5 Å². The molecule has 0 radical (unpaired) electrons. The Kier molecular flexibility index (Phi) is 9.36. The fourth-order valence-electron chi connectivity index (χ4n) is 4.35. The van der Waals surface area contributed by atoms with Gasteiger partial charge in [-0.15, -0.1) is 6.58 Å². The van der Waals surface area contributed by atoms with Gasteiger partial charge in [0, 0.05) is 16.0 Å². The molecule has 0 aliphatic carbocycles. The molecular weight excluding hydrogens is 554 g/mol. The Morgan fingerprint density at radius 1 is 1.13 bits per heavy atom. The minimum absolute atomic E-state index is 0.0515. The van der Waals surface area contributed by atoms with E-state index in [0.717, 1.165) is 27.6 Å². The Morgan fingerprint density at radius 3 is 2.67 bits per heavy atom. The number of hydrogen-bond acceptors (Lipinski definition) is 5. The lowest BCUT2D eigenvalue weighted by Gasteiger charge is -2.17. The molecule has 0 N–H and O–H groups in total. The number of hydrogen-bond donors (Lipinski definition) is 0. The molecule has 4 rings (SSSR count). The van der Waals surface area contributed by atoms with Crippen molar-refractivity contribution >= 4 is 33.0 Å². The molecule has 7 heteroatoms. The molecule has 6 nitrogen and oxygen atoms in total. The predicted molar refractivity (Wildman–Crippen MR) is 162 cm³/mol. The van der Waals surface area contributed by atoms with E-state index in [0.29, 0.717) is 47.9 Å². The molecule has 0 saturated heterocycles. The largest absolute Gasteiger partial charge is 0.490 e. The molecule has 1 aromatic heterocycles. The Bertz CT molecular complexity index is 1580. The van der Waals surface area contributed by atoms with Crippen molar-refractivity contribution in [3.05, 3.63) is 110 Å². The van der Waals surface area contributed by atoms with Crippen molar-refractivity contribution in [1.29, 1.82) is 0 Å². The first-order valence-electron chi connectivity index (χ1n) is 13.2. The van der Waals surface area contributed by atoms with Crippen LogP contribution in [-0.2, 0) is 13.0 Å². The molecule has 202 valence electrons. The summed E-state index contributed by atoms with van der Waals surface area (Å²) in [7, 11) is 0. The van der Waals surface area contributed by atoms with Gasteiger partial charge in [-0.1, -0.05) is 65.7 Å². The van der Waals surface area contributed by atoms with Crippen LogP contribution in [0, 0.1) is 6.92 Å². The van der Waals surface area contributed by atoms with Crippen molar-refractivity contribution < 1.29 is 9.47 Å². The van der Waals surface area contributed by atoms with Crippen LogP contribution in [0.1, 0.15) is 61.2 Å². The van der Waals surface area contributed by atoms with Crippen LogP contribution in [0.2, 0.25) is 0 Å². The maximum atomic E-state index is 13.5. The third kappa shape index (κ3) is 6.66. The summed E-state index contributed by atoms with van der Waals surface area (Å²) in [5, 5.41) is 5.15. The fraction of sp³-hybridized carbons (Fsp3) is 0.281. The topological polar surface area (TPSA) is 65.7 Å². The molecule has 0 spiro atoms. The van der Waals surface area contributed by atoms with Crippen LogP contribution >= 0.6 is 15.9 Å². The van der Waals surface area contributed by atoms with Gasteiger partial charge in [0.25, 0.3) is 5.56 Å². The summed E-state index contributed by atoms with van der Waals surface area (Å²) in [6.45, 7) is 13.0. The molecule has 0 saturated carbocycles. The highest BCUT2D eigenvalue weighted by Gasteiger charge is 2.17. The second-order valence-electron chi connectivity index (χ2n) is 9.51. The van der Waals surface area contributed by atoms with Crippen molar-refractivity contribution in [2.75, 3.05) is 6.61 Å². The Balaban J connectivity index is 1.77. The SMILES string of the molecule is C=CCc1cc(C=Nn2c([C@H](C)CC)nc3ccc(Br)cc3c2=O)cc(OCC)c1OCc1cccc(C)c1. The number of rotatable bonds is 11. The number of allylic oxidation sites excluding steroid dienone is 1. The summed E-state index contributed by atoms with van der Waals surface area (Å²) < 4.78 is 14.5. The zero-order chi connectivity index (χ0) is 27.9. The van der Waals surface area contributed by atoms with Gasteiger partial charge in [-0.2, -0.15) is 9.78 Å². The summed E-state index contributed by atoms with van der Waals surface area (Å²) in [6, 6.07) is 17.7. The van der Waals surface area contributed by atoms with E-state index in [4.69, 9.17) is 14.5 Å². The molecular formula is C32H34BrN3O3. The van der Waals surface area contributed by atoms with E-state index in [1.807, 2.05) is 56.3 Å². The second kappa shape index (κ2) is 12.9. The van der Waals surface area contributed by atoms with E-state index in [1.54, 1.807) is 12.3 Å². The predicted octanol–water partition coefficient (Wildman–Crippen LogP) is 7.57. The van der Waals surface area contributed by atoms with Crippen molar-refractivity contribution in [2.24, 2.45) is 5.10 Å². The minimum Gasteiger partial charge on any atom is -0.490 e. The lowest BCUT2D eigenvalue weighted by Crippen LogP contribution is -2.23. The van der Waals surface area contributed by atoms with Crippen molar-refractivity contribution in [3.63, 3.8) is 0 Å². The third-order valence-corrected chi connectivity index (χ3v) is 6.99. The fourth-order valence-corrected chi connectivity index (χ4v) is 4.71. The van der Waals surface area contributed by atoms with Gasteiger partial charge in [0.2, 0.25) is 0 Å². The Morgan fingerprint density at radius 2 is 1.95 bits per heavy atom. The number of aryl methyl sites for hydroxylation is 1. The number of aromatic nitrogens is 2. The summed E-state index contributed by atoms with van der Waals surface area (Å²) in [4.78, 5) is 18.3. The molecule has 1 heterocycles. The first-order valence-corrected chi connectivity index (χ1v) is 14.0. The molecule has 0 amide bonds. The van der Waals surface area contributed by atoms with E-state index < -0.39 is 0 Å². The van der Waals surface area contributed by atoms with Gasteiger partial charge in [0.1, 0.15) is 12.4 Å². The zero-order valence-corrected chi connectivity index (χ0v) is 24.5. The third-order valence-electron chi connectivity index (χ3n) is 6.49. The van der Waals surface area contributed by atoms with E-state index in [-0.39, 0.29) is 11.5 Å². The molecule has 3 aromatic carbocycles. The van der Waals surface area contributed by atoms with Crippen LogP contribution in [0.4, 0.5) is 0 Å². The Hall–Kier alpha value is -3.71. The highest BCUT2D eigenvalue weighted by Crippen LogP contribution is 2.34. The van der Waals surface area contributed by atoms with Gasteiger partial charge in [-0.05, 0) is 68.1 Å². The van der Waals surface area contributed by atoms with E-state index in [1.165, 1.54) is 10.2 Å². The van der Waals surface area contributed by atoms with Crippen LogP contribution < -0.4 is 15.0 Å². The van der Waals surface area contributed by atoms with Crippen molar-refractivity contribution in [1.82, 2.24) is 9.66 Å². The lowest BCUT2D eigenvalue weighted by molar-refractivity contribution is 0.267. The molecule has 4 aromatic rings. The molecule has 39 heavy (non-hydrogen) atoms. The lowest BCUT2D eigenvalue weighted by atomic mass is 10.1. The van der Waals surface area contributed by atoms with Gasteiger partial charge in [-0.25, -0.2) is 4.98 Å². The zero-order valence-electron chi connectivity index (χ0n) is 22.9. The number of fused-ring (bicyclic) bond motifs is 1. The first-order chi connectivity index (χ1) is 18.8. The number of benzene rings is 3. The van der Waals surface area contributed by atoms with E-state index >= 15 is 0 Å². The molecule has 0 bridgehead atoms. The summed E-state index contributed by atoms with van der Waals surface area (Å²) >= 11 is 3.46. The average Bonchev–Trinajstić information content (AvgIpc) is 2.92. The van der Waals surface area contributed by atoms with Crippen LogP contribution in [0.15, 0.2) is 81.6 Å². The van der Waals surface area contributed by atoms with Gasteiger partial charge < -0.3 is 9.47 Å². The van der Waals surface area contributed by atoms with E-state index in [9.17, 15) is 4.79 Å². The van der Waals surface area contributed by atoms with Gasteiger partial charge in [0.05, 0.1) is 23.7 Å². The standard InChI is InChI=1S/C32H34BrN3O3/c1-6-10-25-16-24(17-29(38-8-3)30(25)39-20-23-12-9-11-21(4)15-23)19-34-36-31(22(5)7-2)35-28-14-13-26(33)18-27(28)32(36)37/h6,9,11-19,22H,1,7-8,10,20H2,2-5H3/t22-/m1/s1. The maximum Gasteiger partial charge on any atom is 0.282 e. The molecule has 0 unspecified atom stereocenters. The smallest absolute Gasteiger partial charge is 0.282 e.